The molecule has 0 saturated carbocycles. The molecule has 2 aromatic heterocycles. The van der Waals surface area contributed by atoms with Gasteiger partial charge in [-0.25, -0.2) is 24.2 Å². The predicted molar refractivity (Wildman–Crippen MR) is 187 cm³/mol. The smallest absolute Gasteiger partial charge is 0.669 e. The molecule has 6 nitrogen and oxygen atoms in total. The Hall–Kier alpha value is -4.81. The number of ether oxygens (including phenoxy) is 2. The predicted octanol–water partition coefficient (Wildman–Crippen LogP) is 9.15. The summed E-state index contributed by atoms with van der Waals surface area (Å²) in [6, 6.07) is 43.7. The van der Waals surface area contributed by atoms with Gasteiger partial charge in [0.15, 0.2) is 0 Å². The van der Waals surface area contributed by atoms with E-state index < -0.39 is 0 Å². The van der Waals surface area contributed by atoms with E-state index in [0.29, 0.717) is 23.0 Å². The second-order valence-corrected chi connectivity index (χ2v) is 11.0. The van der Waals surface area contributed by atoms with Crippen molar-refractivity contribution >= 4 is 5.69 Å². The van der Waals surface area contributed by atoms with Crippen LogP contribution in [0.4, 0.5) is 5.69 Å². The Morgan fingerprint density at radius 3 is 2.10 bits per heavy atom. The van der Waals surface area contributed by atoms with Gasteiger partial charge in [0.1, 0.15) is 0 Å². The van der Waals surface area contributed by atoms with Crippen LogP contribution in [0.25, 0.3) is 22.4 Å². The fourth-order valence-electron chi connectivity index (χ4n) is 4.85. The Kier molecular flexibility index (Phi) is 13.5. The first-order valence-electron chi connectivity index (χ1n) is 15.3. The summed E-state index contributed by atoms with van der Waals surface area (Å²) in [5, 5.41) is 0. The van der Waals surface area contributed by atoms with Gasteiger partial charge in [0.25, 0.3) is 0 Å². The largest absolute Gasteiger partial charge is 4.00 e. The zero-order valence-electron chi connectivity index (χ0n) is 27.7. The standard InChI is InChI=1S/C36H27N3O2.C6H4N.2Pt/c1-25-14-15-36(27(3)26(25)2)41-33-12-5-8-28(20-33)29-16-17-37-35(22-29)30-9-6-11-32(21-30)40-34-13-7-10-31(23-34)39-19-18-38(4)24-39;1-2-7-5-3-4-6-7;;/h5-14,17-19,22,24H,1-4H3;3-6H;;/q-6;-1;;+4. The van der Waals surface area contributed by atoms with Crippen molar-refractivity contribution in [2.75, 3.05) is 11.9 Å². The Balaban J connectivity index is 0.000000559. The third-order valence-electron chi connectivity index (χ3n) is 7.69. The van der Waals surface area contributed by atoms with Gasteiger partial charge in [0, 0.05) is 56.5 Å². The average molecular weight is 1010 g/mol. The summed E-state index contributed by atoms with van der Waals surface area (Å²) in [6.45, 7) is 8.19. The third kappa shape index (κ3) is 9.45. The van der Waals surface area contributed by atoms with Crippen LogP contribution in [0.15, 0.2) is 110 Å². The van der Waals surface area contributed by atoms with Gasteiger partial charge in [-0.15, -0.1) is 65.3 Å². The van der Waals surface area contributed by atoms with Crippen LogP contribution < -0.4 is 14.4 Å². The number of benzene rings is 4. The molecule has 0 bridgehead atoms. The van der Waals surface area contributed by atoms with Gasteiger partial charge in [-0.05, 0) is 31.6 Å². The first-order chi connectivity index (χ1) is 23.4. The molecule has 0 aliphatic carbocycles. The van der Waals surface area contributed by atoms with Crippen LogP contribution in [0, 0.1) is 70.2 Å². The molecule has 0 spiro atoms. The maximum atomic E-state index is 6.57. The summed E-state index contributed by atoms with van der Waals surface area (Å²) in [5.74, 6) is 2.50. The molecule has 0 radical (unpaired) electrons. The number of nitrogens with zero attached hydrogens (tertiary/aromatic N) is 4. The first-order valence-corrected chi connectivity index (χ1v) is 15.3. The number of anilines is 1. The number of aromatic nitrogens is 2. The Morgan fingerprint density at radius 1 is 0.760 bits per heavy atom. The molecular weight excluding hydrogens is 983 g/mol. The van der Waals surface area contributed by atoms with Crippen molar-refractivity contribution in [1.29, 1.82) is 0 Å². The topological polar surface area (TPSA) is 42.8 Å². The van der Waals surface area contributed by atoms with Crippen LogP contribution in [0.5, 0.6) is 23.0 Å². The van der Waals surface area contributed by atoms with E-state index in [9.17, 15) is 0 Å². The monoisotopic (exact) mass is 1010 g/mol. The Bertz CT molecular complexity index is 2100. The van der Waals surface area contributed by atoms with Gasteiger partial charge in [-0.3, -0.25) is 11.1 Å². The Morgan fingerprint density at radius 2 is 1.42 bits per heavy atom. The van der Waals surface area contributed by atoms with Gasteiger partial charge in [0.2, 0.25) is 0 Å². The number of pyridine rings is 1. The number of hydrogen-bond donors (Lipinski definition) is 0. The SMILES string of the molecule is Cc1c[c-]c(Oc2[c-]c(-c3[c-]cnc(-c4[c-]c(Oc5[c-]c(N6C=CN(C)[CH-]6)ccc5)ccc4)c3)ccc2)c(C)c1C.[C-]#Cn1cccc1.[Pt+4].[Pt]. The summed E-state index contributed by atoms with van der Waals surface area (Å²) in [5.41, 5.74) is 7.60. The summed E-state index contributed by atoms with van der Waals surface area (Å²) < 4.78 is 13.8. The number of hydrogen-bond acceptors (Lipinski definition) is 5. The molecule has 0 unspecified atom stereocenters. The quantitative estimate of drug-likeness (QED) is 0.118. The normalized spacial score (nSPS) is 11.4. The molecule has 0 N–H and O–H groups in total. The third-order valence-corrected chi connectivity index (χ3v) is 7.69. The fraction of sp³-hybridized carbons (Fsp3) is 0.0952. The van der Waals surface area contributed by atoms with E-state index in [4.69, 9.17) is 15.9 Å². The van der Waals surface area contributed by atoms with Crippen LogP contribution in [-0.2, 0) is 42.1 Å². The van der Waals surface area contributed by atoms with Gasteiger partial charge < -0.3 is 35.2 Å². The molecule has 0 fully saturated rings. The van der Waals surface area contributed by atoms with Gasteiger partial charge in [-0.1, -0.05) is 38.7 Å². The van der Waals surface area contributed by atoms with Crippen molar-refractivity contribution in [3.8, 4) is 51.4 Å². The van der Waals surface area contributed by atoms with E-state index in [1.54, 1.807) is 23.2 Å². The van der Waals surface area contributed by atoms with E-state index in [1.807, 2.05) is 122 Å². The molecule has 6 aromatic rings. The molecule has 1 aliphatic heterocycles. The first kappa shape index (κ1) is 38.0. The summed E-state index contributed by atoms with van der Waals surface area (Å²) >= 11 is 0. The van der Waals surface area contributed by atoms with Gasteiger partial charge in [-0.2, -0.15) is 42.1 Å². The van der Waals surface area contributed by atoms with E-state index in [-0.39, 0.29) is 42.1 Å². The van der Waals surface area contributed by atoms with E-state index in [1.165, 1.54) is 11.1 Å². The molecule has 0 atom stereocenters. The van der Waals surface area contributed by atoms with Gasteiger partial charge >= 0.3 is 21.1 Å². The summed E-state index contributed by atoms with van der Waals surface area (Å²) in [4.78, 5) is 8.51. The zero-order valence-corrected chi connectivity index (χ0v) is 32.3. The van der Waals surface area contributed by atoms with Gasteiger partial charge in [0.05, 0.1) is 0 Å². The van der Waals surface area contributed by atoms with E-state index in [0.717, 1.165) is 33.6 Å². The minimum atomic E-state index is 0. The fourth-order valence-corrected chi connectivity index (χ4v) is 4.85. The summed E-state index contributed by atoms with van der Waals surface area (Å²) in [6.07, 6.45) is 15.7. The minimum absolute atomic E-state index is 0. The Labute approximate surface area is 323 Å². The minimum Gasteiger partial charge on any atom is -0.669 e. The zero-order chi connectivity index (χ0) is 33.5. The summed E-state index contributed by atoms with van der Waals surface area (Å²) in [7, 11) is 1.98. The van der Waals surface area contributed by atoms with Crippen molar-refractivity contribution in [3.05, 3.63) is 170 Å². The van der Waals surface area contributed by atoms with Crippen molar-refractivity contribution in [1.82, 2.24) is 14.5 Å². The van der Waals surface area contributed by atoms with Crippen molar-refractivity contribution in [2.45, 2.75) is 20.8 Å². The second-order valence-electron chi connectivity index (χ2n) is 11.0. The number of aryl methyl sites for hydroxylation is 1. The average Bonchev–Trinajstić information content (AvgIpc) is 3.82. The second kappa shape index (κ2) is 17.7. The van der Waals surface area contributed by atoms with Crippen LogP contribution in [0.3, 0.4) is 0 Å². The molecular formula is C42H31N4O2Pt2-3. The molecule has 4 aromatic carbocycles. The van der Waals surface area contributed by atoms with Crippen LogP contribution in [0.1, 0.15) is 16.7 Å². The van der Waals surface area contributed by atoms with Crippen molar-refractivity contribution in [2.24, 2.45) is 0 Å². The molecule has 7 rings (SSSR count). The molecule has 0 amide bonds. The van der Waals surface area contributed by atoms with E-state index >= 15 is 0 Å². The van der Waals surface area contributed by atoms with Crippen molar-refractivity contribution < 1.29 is 51.6 Å². The van der Waals surface area contributed by atoms with Crippen LogP contribution >= 0.6 is 0 Å². The molecule has 50 heavy (non-hydrogen) atoms. The molecule has 8 heteroatoms. The molecule has 254 valence electrons. The molecule has 3 heterocycles. The van der Waals surface area contributed by atoms with Crippen molar-refractivity contribution in [3.63, 3.8) is 0 Å². The van der Waals surface area contributed by atoms with Crippen LogP contribution in [-0.4, -0.2) is 21.5 Å². The maximum Gasteiger partial charge on any atom is 4.00 e. The molecule has 0 saturated heterocycles. The van der Waals surface area contributed by atoms with E-state index in [2.05, 4.69) is 55.2 Å². The maximum absolute atomic E-state index is 6.57. The number of rotatable bonds is 7. The molecule has 1 aliphatic rings. The van der Waals surface area contributed by atoms with Crippen LogP contribution in [0.2, 0.25) is 0 Å².